The molecular formula is C15H13N3S. The van der Waals surface area contributed by atoms with Crippen LogP contribution in [-0.4, -0.2) is 9.97 Å². The average molecular weight is 267 g/mol. The number of rotatable bonds is 3. The molecule has 2 aromatic carbocycles. The van der Waals surface area contributed by atoms with Gasteiger partial charge in [0.2, 0.25) is 0 Å². The number of fused-ring (bicyclic) bond motifs is 1. The Morgan fingerprint density at radius 3 is 2.58 bits per heavy atom. The third-order valence-electron chi connectivity index (χ3n) is 2.79. The van der Waals surface area contributed by atoms with E-state index < -0.39 is 0 Å². The maximum absolute atomic E-state index is 4.38. The van der Waals surface area contributed by atoms with Crippen LogP contribution in [-0.2, 0) is 0 Å². The summed E-state index contributed by atoms with van der Waals surface area (Å²) in [5.41, 5.74) is 4.18. The molecule has 0 bridgehead atoms. The molecule has 1 aromatic heterocycles. The van der Waals surface area contributed by atoms with Gasteiger partial charge in [-0.1, -0.05) is 23.8 Å². The van der Waals surface area contributed by atoms with E-state index in [1.165, 1.54) is 5.56 Å². The zero-order valence-electron chi connectivity index (χ0n) is 10.5. The number of aromatic nitrogens is 2. The molecule has 0 saturated carbocycles. The van der Waals surface area contributed by atoms with Crippen molar-refractivity contribution < 1.29 is 0 Å². The highest BCUT2D eigenvalue weighted by Crippen LogP contribution is 2.26. The molecular weight excluding hydrogens is 254 g/mol. The van der Waals surface area contributed by atoms with Crippen LogP contribution >= 0.6 is 11.9 Å². The van der Waals surface area contributed by atoms with Crippen molar-refractivity contribution in [2.24, 2.45) is 0 Å². The van der Waals surface area contributed by atoms with Gasteiger partial charge in [-0.3, -0.25) is 9.97 Å². The number of hydrogen-bond donors (Lipinski definition) is 1. The van der Waals surface area contributed by atoms with Gasteiger partial charge in [0.05, 0.1) is 10.4 Å². The minimum atomic E-state index is 0.915. The first kappa shape index (κ1) is 12.0. The molecule has 0 amide bonds. The maximum atomic E-state index is 4.38. The molecule has 0 saturated heterocycles. The fraction of sp³-hybridized carbons (Fsp3) is 0.0667. The Hall–Kier alpha value is -2.07. The van der Waals surface area contributed by atoms with Crippen LogP contribution in [0.5, 0.6) is 0 Å². The van der Waals surface area contributed by atoms with E-state index in [2.05, 4.69) is 45.9 Å². The number of anilines is 1. The Morgan fingerprint density at radius 2 is 1.74 bits per heavy atom. The molecule has 4 heteroatoms. The largest absolute Gasteiger partial charge is 0.326 e. The fourth-order valence-electron chi connectivity index (χ4n) is 1.78. The van der Waals surface area contributed by atoms with E-state index in [4.69, 9.17) is 0 Å². The van der Waals surface area contributed by atoms with E-state index in [0.717, 1.165) is 21.6 Å². The number of hydrogen-bond acceptors (Lipinski definition) is 4. The van der Waals surface area contributed by atoms with Gasteiger partial charge in [-0.2, -0.15) is 0 Å². The van der Waals surface area contributed by atoms with Crippen molar-refractivity contribution in [3.05, 3.63) is 60.4 Å². The molecule has 0 aliphatic rings. The molecule has 0 unspecified atom stereocenters. The first-order valence-corrected chi connectivity index (χ1v) is 6.84. The van der Waals surface area contributed by atoms with Crippen LogP contribution in [0.25, 0.3) is 11.0 Å². The Kier molecular flexibility index (Phi) is 3.33. The van der Waals surface area contributed by atoms with Crippen molar-refractivity contribution in [1.82, 2.24) is 9.97 Å². The highest BCUT2D eigenvalue weighted by molar-refractivity contribution is 8.00. The Balaban J connectivity index is 1.84. The van der Waals surface area contributed by atoms with Crippen LogP contribution in [0.3, 0.4) is 0 Å². The zero-order valence-corrected chi connectivity index (χ0v) is 11.3. The van der Waals surface area contributed by atoms with Gasteiger partial charge < -0.3 is 4.72 Å². The minimum absolute atomic E-state index is 0.915. The summed E-state index contributed by atoms with van der Waals surface area (Å²) in [6.07, 6.45) is 3.43. The van der Waals surface area contributed by atoms with Crippen LogP contribution < -0.4 is 4.72 Å². The third kappa shape index (κ3) is 2.69. The number of nitrogens with one attached hydrogen (secondary N) is 1. The van der Waals surface area contributed by atoms with Crippen molar-refractivity contribution in [3.63, 3.8) is 0 Å². The van der Waals surface area contributed by atoms with Crippen LogP contribution in [0.15, 0.2) is 59.8 Å². The van der Waals surface area contributed by atoms with Crippen molar-refractivity contribution >= 4 is 28.7 Å². The van der Waals surface area contributed by atoms with Crippen molar-refractivity contribution in [3.8, 4) is 0 Å². The van der Waals surface area contributed by atoms with Crippen LogP contribution in [0, 0.1) is 6.92 Å². The quantitative estimate of drug-likeness (QED) is 0.726. The minimum Gasteiger partial charge on any atom is -0.326 e. The molecule has 0 aliphatic heterocycles. The lowest BCUT2D eigenvalue weighted by atomic mass is 10.2. The number of aryl methyl sites for hydroxylation is 1. The second-order valence-electron chi connectivity index (χ2n) is 4.25. The van der Waals surface area contributed by atoms with Gasteiger partial charge in [0.1, 0.15) is 5.52 Å². The molecule has 0 spiro atoms. The topological polar surface area (TPSA) is 37.8 Å². The van der Waals surface area contributed by atoms with E-state index in [-0.39, 0.29) is 0 Å². The summed E-state index contributed by atoms with van der Waals surface area (Å²) in [5.74, 6) is 0. The third-order valence-corrected chi connectivity index (χ3v) is 3.68. The maximum Gasteiger partial charge on any atom is 0.104 e. The van der Waals surface area contributed by atoms with Gasteiger partial charge in [0.25, 0.3) is 0 Å². The average Bonchev–Trinajstić information content (AvgIpc) is 2.47. The van der Waals surface area contributed by atoms with Gasteiger partial charge in [-0.05, 0) is 43.1 Å². The van der Waals surface area contributed by atoms with E-state index in [9.17, 15) is 0 Å². The summed E-state index contributed by atoms with van der Waals surface area (Å²) in [7, 11) is 0. The van der Waals surface area contributed by atoms with E-state index in [1.807, 2.05) is 18.2 Å². The molecule has 3 aromatic rings. The second kappa shape index (κ2) is 5.28. The highest BCUT2D eigenvalue weighted by atomic mass is 32.2. The first-order chi connectivity index (χ1) is 9.33. The molecule has 0 radical (unpaired) electrons. The predicted molar refractivity (Wildman–Crippen MR) is 80.2 cm³/mol. The van der Waals surface area contributed by atoms with Crippen molar-refractivity contribution in [1.29, 1.82) is 0 Å². The van der Waals surface area contributed by atoms with E-state index in [1.54, 1.807) is 24.3 Å². The summed E-state index contributed by atoms with van der Waals surface area (Å²) >= 11 is 1.56. The Bertz CT molecular complexity index is 690. The molecule has 0 atom stereocenters. The summed E-state index contributed by atoms with van der Waals surface area (Å²) in [5, 5.41) is 0. The molecule has 3 rings (SSSR count). The van der Waals surface area contributed by atoms with Crippen LogP contribution in [0.4, 0.5) is 5.69 Å². The molecule has 3 nitrogen and oxygen atoms in total. The normalized spacial score (nSPS) is 10.6. The Labute approximate surface area is 116 Å². The summed E-state index contributed by atoms with van der Waals surface area (Å²) in [4.78, 5) is 9.76. The van der Waals surface area contributed by atoms with E-state index >= 15 is 0 Å². The monoisotopic (exact) mass is 267 g/mol. The van der Waals surface area contributed by atoms with Crippen molar-refractivity contribution in [2.75, 3.05) is 4.72 Å². The molecule has 0 fully saturated rings. The molecule has 0 aliphatic carbocycles. The van der Waals surface area contributed by atoms with Crippen LogP contribution in [0.1, 0.15) is 5.56 Å². The first-order valence-electron chi connectivity index (χ1n) is 6.02. The molecule has 1 N–H and O–H groups in total. The second-order valence-corrected chi connectivity index (χ2v) is 5.10. The van der Waals surface area contributed by atoms with Crippen LogP contribution in [0.2, 0.25) is 0 Å². The molecule has 94 valence electrons. The lowest BCUT2D eigenvalue weighted by molar-refractivity contribution is 1.26. The summed E-state index contributed by atoms with van der Waals surface area (Å²) in [6, 6.07) is 14.3. The van der Waals surface area contributed by atoms with Gasteiger partial charge in [-0.25, -0.2) is 0 Å². The van der Waals surface area contributed by atoms with Gasteiger partial charge >= 0.3 is 0 Å². The lowest BCUT2D eigenvalue weighted by Crippen LogP contribution is -1.90. The van der Waals surface area contributed by atoms with Crippen molar-refractivity contribution in [2.45, 2.75) is 11.8 Å². The smallest absolute Gasteiger partial charge is 0.104 e. The summed E-state index contributed by atoms with van der Waals surface area (Å²) in [6.45, 7) is 2.08. The number of benzene rings is 2. The molecule has 1 heterocycles. The Morgan fingerprint density at radius 1 is 0.947 bits per heavy atom. The van der Waals surface area contributed by atoms with Gasteiger partial charge in [0.15, 0.2) is 0 Å². The number of para-hydroxylation sites is 1. The molecule has 19 heavy (non-hydrogen) atoms. The SMILES string of the molecule is Cc1ccc(NSc2cccc3nccnc23)cc1. The summed E-state index contributed by atoms with van der Waals surface area (Å²) < 4.78 is 3.33. The lowest BCUT2D eigenvalue weighted by Gasteiger charge is -2.07. The highest BCUT2D eigenvalue weighted by Gasteiger charge is 2.03. The fourth-order valence-corrected chi connectivity index (χ4v) is 2.55. The van der Waals surface area contributed by atoms with Gasteiger partial charge in [0, 0.05) is 18.1 Å². The standard InChI is InChI=1S/C15H13N3S/c1-11-5-7-12(8-6-11)18-19-14-4-2-3-13-15(14)17-10-9-16-13/h2-10,18H,1H3. The zero-order chi connectivity index (χ0) is 13.1. The van der Waals surface area contributed by atoms with E-state index in [0.29, 0.717) is 0 Å². The predicted octanol–water partition coefficient (Wildman–Crippen LogP) is 4.06. The number of nitrogens with zero attached hydrogens (tertiary/aromatic N) is 2. The van der Waals surface area contributed by atoms with Gasteiger partial charge in [-0.15, -0.1) is 0 Å².